The number of allylic oxidation sites excluding steroid dienone is 1. The number of anilines is 1. The van der Waals surface area contributed by atoms with Crippen molar-refractivity contribution in [2.24, 2.45) is 0 Å². The molecule has 1 aliphatic carbocycles. The van der Waals surface area contributed by atoms with E-state index < -0.39 is 0 Å². The van der Waals surface area contributed by atoms with E-state index in [2.05, 4.69) is 12.1 Å². The van der Waals surface area contributed by atoms with Crippen molar-refractivity contribution in [3.05, 3.63) is 64.2 Å². The molecule has 0 unspecified atom stereocenters. The first-order chi connectivity index (χ1) is 17.0. The third kappa shape index (κ3) is 3.98. The highest BCUT2D eigenvalue weighted by atomic mass is 16.5. The summed E-state index contributed by atoms with van der Waals surface area (Å²) < 4.78 is 21.6. The smallest absolute Gasteiger partial charge is 0.161 e. The molecule has 7 nitrogen and oxygen atoms in total. The van der Waals surface area contributed by atoms with Crippen molar-refractivity contribution >= 4 is 17.3 Å². The number of ether oxygens (including phenoxy) is 4. The molecular formula is C28H25N3O4. The Kier molecular flexibility index (Phi) is 6.53. The van der Waals surface area contributed by atoms with Crippen LogP contribution in [0.5, 0.6) is 23.0 Å². The van der Waals surface area contributed by atoms with Crippen molar-refractivity contribution < 1.29 is 18.9 Å². The predicted octanol–water partition coefficient (Wildman–Crippen LogP) is 5.20. The van der Waals surface area contributed by atoms with Crippen LogP contribution in [-0.2, 0) is 6.42 Å². The lowest BCUT2D eigenvalue weighted by atomic mass is 9.87. The molecule has 0 saturated carbocycles. The Morgan fingerprint density at radius 1 is 0.743 bits per heavy atom. The number of methoxy groups -OCH3 is 4. The summed E-state index contributed by atoms with van der Waals surface area (Å²) in [6.07, 6.45) is 3.40. The third-order valence-electron chi connectivity index (χ3n) is 6.25. The van der Waals surface area contributed by atoms with Crippen molar-refractivity contribution in [2.75, 3.05) is 34.2 Å². The molecule has 0 fully saturated rings. The van der Waals surface area contributed by atoms with E-state index in [0.717, 1.165) is 33.4 Å². The molecule has 176 valence electrons. The summed E-state index contributed by atoms with van der Waals surface area (Å²) in [6, 6.07) is 15.6. The van der Waals surface area contributed by atoms with Crippen LogP contribution in [0.25, 0.3) is 22.8 Å². The molecule has 0 aliphatic heterocycles. The van der Waals surface area contributed by atoms with Crippen LogP contribution < -0.4 is 24.7 Å². The summed E-state index contributed by atoms with van der Waals surface area (Å²) in [7, 11) is 6.32. The Morgan fingerprint density at radius 2 is 1.31 bits per heavy atom. The van der Waals surface area contributed by atoms with Gasteiger partial charge in [-0.25, -0.2) is 0 Å². The first kappa shape index (κ1) is 23.5. The molecule has 2 N–H and O–H groups in total. The number of fused-ring (bicyclic) bond motifs is 1. The minimum atomic E-state index is 0.179. The van der Waals surface area contributed by atoms with Crippen LogP contribution in [0.2, 0.25) is 0 Å². The molecule has 0 aromatic heterocycles. The first-order valence-electron chi connectivity index (χ1n) is 10.9. The van der Waals surface area contributed by atoms with Gasteiger partial charge in [-0.1, -0.05) is 18.2 Å². The number of nitrogen functional groups attached to an aromatic ring is 1. The van der Waals surface area contributed by atoms with E-state index >= 15 is 0 Å². The van der Waals surface area contributed by atoms with Gasteiger partial charge in [-0.15, -0.1) is 0 Å². The zero-order valence-electron chi connectivity index (χ0n) is 20.1. The Morgan fingerprint density at radius 3 is 1.91 bits per heavy atom. The number of nitriles is 2. The summed E-state index contributed by atoms with van der Waals surface area (Å²) in [5.74, 6) is 2.38. The van der Waals surface area contributed by atoms with Gasteiger partial charge in [-0.2, -0.15) is 10.5 Å². The molecule has 3 aromatic carbocycles. The second-order valence-corrected chi connectivity index (χ2v) is 7.97. The first-order valence-corrected chi connectivity index (χ1v) is 10.9. The molecule has 0 spiro atoms. The van der Waals surface area contributed by atoms with E-state index in [1.807, 2.05) is 36.4 Å². The Labute approximate surface area is 204 Å². The second-order valence-electron chi connectivity index (χ2n) is 7.97. The minimum absolute atomic E-state index is 0.179. The quantitative estimate of drug-likeness (QED) is 0.496. The zero-order chi connectivity index (χ0) is 25.1. The Balaban J connectivity index is 1.96. The summed E-state index contributed by atoms with van der Waals surface area (Å²) in [5, 5.41) is 20.0. The zero-order valence-corrected chi connectivity index (χ0v) is 20.1. The van der Waals surface area contributed by atoms with Gasteiger partial charge in [0.1, 0.15) is 12.1 Å². The number of hydrogen-bond acceptors (Lipinski definition) is 7. The minimum Gasteiger partial charge on any atom is -0.493 e. The van der Waals surface area contributed by atoms with E-state index in [1.165, 1.54) is 0 Å². The fourth-order valence-electron chi connectivity index (χ4n) is 4.64. The molecule has 1 aliphatic rings. The lowest BCUT2D eigenvalue weighted by Gasteiger charge is -2.17. The number of hydrogen-bond donors (Lipinski definition) is 1. The summed E-state index contributed by atoms with van der Waals surface area (Å²) in [4.78, 5) is 0. The van der Waals surface area contributed by atoms with Crippen LogP contribution in [0.4, 0.5) is 5.69 Å². The fraction of sp³-hybridized carbons (Fsp3) is 0.214. The second kappa shape index (κ2) is 9.70. The van der Waals surface area contributed by atoms with Crippen LogP contribution in [0.1, 0.15) is 34.2 Å². The highest BCUT2D eigenvalue weighted by Gasteiger charge is 2.29. The molecule has 0 atom stereocenters. The highest BCUT2D eigenvalue weighted by molar-refractivity contribution is 5.97. The summed E-state index contributed by atoms with van der Waals surface area (Å²) in [6.45, 7) is 0. The molecule has 0 saturated heterocycles. The molecule has 0 heterocycles. The van der Waals surface area contributed by atoms with Gasteiger partial charge < -0.3 is 24.7 Å². The monoisotopic (exact) mass is 467 g/mol. The molecule has 4 rings (SSSR count). The van der Waals surface area contributed by atoms with Gasteiger partial charge in [-0.3, -0.25) is 0 Å². The number of benzene rings is 3. The lowest BCUT2D eigenvalue weighted by molar-refractivity contribution is 0.355. The van der Waals surface area contributed by atoms with Crippen molar-refractivity contribution in [3.63, 3.8) is 0 Å². The molecule has 35 heavy (non-hydrogen) atoms. The highest BCUT2D eigenvalue weighted by Crippen LogP contribution is 2.47. The molecular weight excluding hydrogens is 442 g/mol. The maximum atomic E-state index is 10.0. The van der Waals surface area contributed by atoms with E-state index in [-0.39, 0.29) is 5.69 Å². The van der Waals surface area contributed by atoms with Crippen molar-refractivity contribution in [3.8, 4) is 46.3 Å². The topological polar surface area (TPSA) is 111 Å². The summed E-state index contributed by atoms with van der Waals surface area (Å²) in [5.41, 5.74) is 12.3. The number of rotatable bonds is 6. The number of nitrogens with two attached hydrogens (primary N) is 1. The SMILES string of the molecule is COc1ccc(/C=C2/CCc3c2c(C#N)c(N)c(C#N)c3-c2ccc(OC)c(OC)c2)cc1OC. The Hall–Kier alpha value is -4.62. The predicted molar refractivity (Wildman–Crippen MR) is 135 cm³/mol. The van der Waals surface area contributed by atoms with Crippen LogP contribution >= 0.6 is 0 Å². The normalized spacial score (nSPS) is 13.0. The van der Waals surface area contributed by atoms with Crippen molar-refractivity contribution in [2.45, 2.75) is 12.8 Å². The van der Waals surface area contributed by atoms with Gasteiger partial charge in [0.05, 0.1) is 45.3 Å². The largest absolute Gasteiger partial charge is 0.493 e. The lowest BCUT2D eigenvalue weighted by Crippen LogP contribution is -2.04. The van der Waals surface area contributed by atoms with E-state index in [0.29, 0.717) is 47.0 Å². The van der Waals surface area contributed by atoms with Gasteiger partial charge in [0, 0.05) is 11.1 Å². The number of nitrogens with zero attached hydrogens (tertiary/aromatic N) is 2. The van der Waals surface area contributed by atoms with E-state index in [1.54, 1.807) is 34.5 Å². The van der Waals surface area contributed by atoms with Gasteiger partial charge in [0.2, 0.25) is 0 Å². The van der Waals surface area contributed by atoms with Crippen LogP contribution in [0, 0.1) is 22.7 Å². The third-order valence-corrected chi connectivity index (χ3v) is 6.25. The molecule has 0 radical (unpaired) electrons. The van der Waals surface area contributed by atoms with E-state index in [9.17, 15) is 10.5 Å². The summed E-state index contributed by atoms with van der Waals surface area (Å²) >= 11 is 0. The fourth-order valence-corrected chi connectivity index (χ4v) is 4.64. The van der Waals surface area contributed by atoms with Crippen molar-refractivity contribution in [1.82, 2.24) is 0 Å². The van der Waals surface area contributed by atoms with Crippen LogP contribution in [-0.4, -0.2) is 28.4 Å². The maximum absolute atomic E-state index is 10.0. The van der Waals surface area contributed by atoms with Crippen molar-refractivity contribution in [1.29, 1.82) is 10.5 Å². The van der Waals surface area contributed by atoms with E-state index in [4.69, 9.17) is 24.7 Å². The van der Waals surface area contributed by atoms with Crippen LogP contribution in [0.3, 0.4) is 0 Å². The van der Waals surface area contributed by atoms with Gasteiger partial charge >= 0.3 is 0 Å². The average Bonchev–Trinajstić information content (AvgIpc) is 3.30. The van der Waals surface area contributed by atoms with Gasteiger partial charge in [0.15, 0.2) is 23.0 Å². The molecule has 7 heteroatoms. The molecule has 0 amide bonds. The Bertz CT molecular complexity index is 1430. The molecule has 0 bridgehead atoms. The van der Waals surface area contributed by atoms with Crippen LogP contribution in [0.15, 0.2) is 36.4 Å². The standard InChI is InChI=1S/C28H25N3O4/c1-32-22-9-5-16(12-24(22)34-3)11-17-6-8-19-26(17)20(14-29)28(31)21(15-30)27(19)18-7-10-23(33-2)25(13-18)35-4/h5,7,9-13H,6,8,31H2,1-4H3/b17-11-. The molecule has 3 aromatic rings. The average molecular weight is 468 g/mol. The maximum Gasteiger partial charge on any atom is 0.161 e. The van der Waals surface area contributed by atoms with Gasteiger partial charge in [-0.05, 0) is 59.4 Å². The van der Waals surface area contributed by atoms with Gasteiger partial charge in [0.25, 0.3) is 0 Å².